The summed E-state index contributed by atoms with van der Waals surface area (Å²) in [4.78, 5) is 15.2. The third kappa shape index (κ3) is 5.11. The van der Waals surface area contributed by atoms with Gasteiger partial charge in [-0.3, -0.25) is 14.0 Å². The Labute approximate surface area is 188 Å². The molecule has 0 spiro atoms. The van der Waals surface area contributed by atoms with Gasteiger partial charge in [0.1, 0.15) is 5.82 Å². The highest BCUT2D eigenvalue weighted by Gasteiger charge is 2.26. The largest absolute Gasteiger partial charge is 0.379 e. The summed E-state index contributed by atoms with van der Waals surface area (Å²) in [6, 6.07) is 11.4. The average molecular weight is 462 g/mol. The van der Waals surface area contributed by atoms with E-state index in [-0.39, 0.29) is 17.8 Å². The number of benzene rings is 2. The molecule has 0 saturated carbocycles. The van der Waals surface area contributed by atoms with Crippen molar-refractivity contribution in [3.8, 4) is 0 Å². The number of rotatable bonds is 6. The fourth-order valence-electron chi connectivity index (χ4n) is 4.37. The summed E-state index contributed by atoms with van der Waals surface area (Å²) in [5, 5.41) is 3.01. The van der Waals surface area contributed by atoms with E-state index >= 15 is 0 Å². The van der Waals surface area contributed by atoms with E-state index in [1.165, 1.54) is 22.7 Å². The summed E-state index contributed by atoms with van der Waals surface area (Å²) in [5.41, 5.74) is 2.94. The van der Waals surface area contributed by atoms with Crippen molar-refractivity contribution in [2.24, 2.45) is 0 Å². The van der Waals surface area contributed by atoms with E-state index < -0.39 is 10.0 Å². The predicted molar refractivity (Wildman–Crippen MR) is 121 cm³/mol. The van der Waals surface area contributed by atoms with Crippen molar-refractivity contribution in [3.63, 3.8) is 0 Å². The number of carbonyl (C=O) groups is 1. The van der Waals surface area contributed by atoms with E-state index in [0.717, 1.165) is 37.1 Å². The van der Waals surface area contributed by atoms with E-state index in [1.807, 2.05) is 0 Å². The van der Waals surface area contributed by atoms with Crippen LogP contribution in [-0.4, -0.2) is 64.9 Å². The Bertz CT molecular complexity index is 1070. The Kier molecular flexibility index (Phi) is 6.78. The SMILES string of the molecule is CS(=O)(=O)N1CCCc2cc(C(=O)NCC(c3ccc(F)cc3)N3CCOCC3)ccc21. The van der Waals surface area contributed by atoms with Crippen molar-refractivity contribution >= 4 is 21.6 Å². The van der Waals surface area contributed by atoms with Crippen LogP contribution < -0.4 is 9.62 Å². The van der Waals surface area contributed by atoms with Crippen molar-refractivity contribution in [2.45, 2.75) is 18.9 Å². The minimum absolute atomic E-state index is 0.0956. The van der Waals surface area contributed by atoms with E-state index in [2.05, 4.69) is 10.2 Å². The van der Waals surface area contributed by atoms with E-state index in [4.69, 9.17) is 4.74 Å². The van der Waals surface area contributed by atoms with Crippen LogP contribution in [0.2, 0.25) is 0 Å². The van der Waals surface area contributed by atoms with Gasteiger partial charge in [0.05, 0.1) is 31.2 Å². The molecular formula is C23H28FN3O4S. The van der Waals surface area contributed by atoms with Crippen LogP contribution in [0.1, 0.15) is 33.9 Å². The number of morpholine rings is 1. The number of amides is 1. The summed E-state index contributed by atoms with van der Waals surface area (Å²) >= 11 is 0. The zero-order valence-corrected chi connectivity index (χ0v) is 18.9. The van der Waals surface area contributed by atoms with Gasteiger partial charge < -0.3 is 10.1 Å². The molecule has 0 aliphatic carbocycles. The molecule has 2 aromatic carbocycles. The van der Waals surface area contributed by atoms with Crippen LogP contribution in [0.5, 0.6) is 0 Å². The van der Waals surface area contributed by atoms with Gasteiger partial charge in [-0.2, -0.15) is 0 Å². The highest BCUT2D eigenvalue weighted by Crippen LogP contribution is 2.30. The molecule has 2 aliphatic heterocycles. The second-order valence-electron chi connectivity index (χ2n) is 8.21. The lowest BCUT2D eigenvalue weighted by Crippen LogP contribution is -2.43. The summed E-state index contributed by atoms with van der Waals surface area (Å²) in [6.07, 6.45) is 2.65. The van der Waals surface area contributed by atoms with E-state index in [9.17, 15) is 17.6 Å². The number of halogens is 1. The Morgan fingerprint density at radius 1 is 1.12 bits per heavy atom. The summed E-state index contributed by atoms with van der Waals surface area (Å²) < 4.78 is 44.4. The van der Waals surface area contributed by atoms with Crippen LogP contribution in [-0.2, 0) is 21.2 Å². The Morgan fingerprint density at radius 2 is 1.84 bits per heavy atom. The van der Waals surface area contributed by atoms with Gasteiger partial charge in [-0.05, 0) is 54.3 Å². The molecule has 0 radical (unpaired) electrons. The molecule has 1 fully saturated rings. The van der Waals surface area contributed by atoms with Gasteiger partial charge >= 0.3 is 0 Å². The van der Waals surface area contributed by atoms with Gasteiger partial charge in [0, 0.05) is 31.7 Å². The fraction of sp³-hybridized carbons (Fsp3) is 0.435. The van der Waals surface area contributed by atoms with Gasteiger partial charge in [0.25, 0.3) is 5.91 Å². The molecule has 32 heavy (non-hydrogen) atoms. The van der Waals surface area contributed by atoms with Crippen LogP contribution in [0.3, 0.4) is 0 Å². The highest BCUT2D eigenvalue weighted by atomic mass is 32.2. The second kappa shape index (κ2) is 9.56. The third-order valence-electron chi connectivity index (χ3n) is 6.02. The maximum absolute atomic E-state index is 13.4. The van der Waals surface area contributed by atoms with Crippen molar-refractivity contribution < 1.29 is 22.3 Å². The first-order valence-corrected chi connectivity index (χ1v) is 12.6. The molecule has 2 aromatic rings. The normalized spacial score (nSPS) is 18.1. The molecule has 1 saturated heterocycles. The van der Waals surface area contributed by atoms with Crippen molar-refractivity contribution in [2.75, 3.05) is 50.0 Å². The number of ether oxygens (including phenoxy) is 1. The maximum Gasteiger partial charge on any atom is 0.251 e. The number of sulfonamides is 1. The number of aryl methyl sites for hydroxylation is 1. The van der Waals surface area contributed by atoms with Crippen LogP contribution in [0, 0.1) is 5.82 Å². The zero-order chi connectivity index (χ0) is 22.7. The maximum atomic E-state index is 13.4. The zero-order valence-electron chi connectivity index (χ0n) is 18.1. The molecule has 0 aromatic heterocycles. The number of anilines is 1. The first-order chi connectivity index (χ1) is 15.3. The molecule has 1 atom stereocenters. The molecule has 2 aliphatic rings. The van der Waals surface area contributed by atoms with Gasteiger partial charge in [-0.25, -0.2) is 12.8 Å². The Balaban J connectivity index is 1.50. The van der Waals surface area contributed by atoms with E-state index in [1.54, 1.807) is 30.3 Å². The number of hydrogen-bond donors (Lipinski definition) is 1. The van der Waals surface area contributed by atoms with Crippen molar-refractivity contribution in [3.05, 3.63) is 65.0 Å². The monoisotopic (exact) mass is 461 g/mol. The number of fused-ring (bicyclic) bond motifs is 1. The highest BCUT2D eigenvalue weighted by molar-refractivity contribution is 7.92. The van der Waals surface area contributed by atoms with Gasteiger partial charge in [0.15, 0.2) is 0 Å². The van der Waals surface area contributed by atoms with Gasteiger partial charge in [-0.15, -0.1) is 0 Å². The smallest absolute Gasteiger partial charge is 0.251 e. The van der Waals surface area contributed by atoms with Crippen LogP contribution in [0.4, 0.5) is 10.1 Å². The molecule has 172 valence electrons. The van der Waals surface area contributed by atoms with Crippen molar-refractivity contribution in [1.29, 1.82) is 0 Å². The van der Waals surface area contributed by atoms with Gasteiger partial charge in [0.2, 0.25) is 10.0 Å². The first kappa shape index (κ1) is 22.7. The Morgan fingerprint density at radius 3 is 2.53 bits per heavy atom. The number of carbonyl (C=O) groups excluding carboxylic acids is 1. The average Bonchev–Trinajstić information content (AvgIpc) is 2.79. The summed E-state index contributed by atoms with van der Waals surface area (Å²) in [6.45, 7) is 3.53. The van der Waals surface area contributed by atoms with Crippen LogP contribution >= 0.6 is 0 Å². The molecule has 1 unspecified atom stereocenters. The lowest BCUT2D eigenvalue weighted by molar-refractivity contribution is 0.0162. The molecule has 0 bridgehead atoms. The topological polar surface area (TPSA) is 79.0 Å². The van der Waals surface area contributed by atoms with Gasteiger partial charge in [-0.1, -0.05) is 12.1 Å². The fourth-order valence-corrected chi connectivity index (χ4v) is 5.37. The molecule has 4 rings (SSSR count). The van der Waals surface area contributed by atoms with Crippen LogP contribution in [0.25, 0.3) is 0 Å². The minimum atomic E-state index is -3.35. The third-order valence-corrected chi connectivity index (χ3v) is 7.20. The van der Waals surface area contributed by atoms with Crippen molar-refractivity contribution in [1.82, 2.24) is 10.2 Å². The lowest BCUT2D eigenvalue weighted by atomic mass is 10.00. The summed E-state index contributed by atoms with van der Waals surface area (Å²) in [7, 11) is -3.35. The number of hydrogen-bond acceptors (Lipinski definition) is 5. The standard InChI is InChI=1S/C23H28FN3O4S/c1-32(29,30)27-10-2-3-18-15-19(6-9-21(18)27)23(28)25-16-22(26-11-13-31-14-12-26)17-4-7-20(24)8-5-17/h4-9,15,22H,2-3,10-14,16H2,1H3,(H,25,28). The Hall–Kier alpha value is -2.49. The molecule has 7 nitrogen and oxygen atoms in total. The molecule has 9 heteroatoms. The minimum Gasteiger partial charge on any atom is -0.379 e. The molecule has 2 heterocycles. The van der Waals surface area contributed by atoms with Crippen LogP contribution in [0.15, 0.2) is 42.5 Å². The molecule has 1 N–H and O–H groups in total. The lowest BCUT2D eigenvalue weighted by Gasteiger charge is -2.35. The first-order valence-electron chi connectivity index (χ1n) is 10.8. The molecule has 1 amide bonds. The summed E-state index contributed by atoms with van der Waals surface area (Å²) in [5.74, 6) is -0.514. The predicted octanol–water partition coefficient (Wildman–Crippen LogP) is 2.34. The number of nitrogens with zero attached hydrogens (tertiary/aromatic N) is 2. The number of nitrogens with one attached hydrogen (secondary N) is 1. The quantitative estimate of drug-likeness (QED) is 0.715. The van der Waals surface area contributed by atoms with E-state index in [0.29, 0.717) is 37.6 Å². The second-order valence-corrected chi connectivity index (χ2v) is 10.1. The molecular weight excluding hydrogens is 433 g/mol.